The van der Waals surface area contributed by atoms with Crippen molar-refractivity contribution in [2.24, 2.45) is 0 Å². The first-order valence-corrected chi connectivity index (χ1v) is 8.82. The molecule has 0 radical (unpaired) electrons. The highest BCUT2D eigenvalue weighted by Gasteiger charge is 2.25. The highest BCUT2D eigenvalue weighted by molar-refractivity contribution is 5.49. The van der Waals surface area contributed by atoms with Crippen LogP contribution in [0.15, 0.2) is 66.7 Å². The lowest BCUT2D eigenvalue weighted by Gasteiger charge is -2.38. The predicted molar refractivity (Wildman–Crippen MR) is 99.4 cm³/mol. The maximum atomic E-state index is 2.59. The van der Waals surface area contributed by atoms with Gasteiger partial charge in [0.2, 0.25) is 0 Å². The van der Waals surface area contributed by atoms with Crippen molar-refractivity contribution >= 4 is 6.08 Å². The third-order valence-corrected chi connectivity index (χ3v) is 5.06. The third kappa shape index (κ3) is 4.56. The van der Waals surface area contributed by atoms with Crippen LogP contribution in [0.3, 0.4) is 0 Å². The van der Waals surface area contributed by atoms with Crippen LogP contribution >= 0.6 is 0 Å². The normalized spacial score (nSPS) is 22.5. The van der Waals surface area contributed by atoms with Gasteiger partial charge >= 0.3 is 0 Å². The van der Waals surface area contributed by atoms with Crippen LogP contribution in [0.2, 0.25) is 0 Å². The van der Waals surface area contributed by atoms with Gasteiger partial charge in [0.25, 0.3) is 0 Å². The molecule has 1 fully saturated rings. The maximum absolute atomic E-state index is 2.59. The quantitative estimate of drug-likeness (QED) is 0.735. The molecule has 2 aromatic rings. The summed E-state index contributed by atoms with van der Waals surface area (Å²) in [5.74, 6) is 0. The number of hydrogen-bond acceptors (Lipinski definition) is 1. The number of benzene rings is 2. The Morgan fingerprint density at radius 3 is 2.39 bits per heavy atom. The molecule has 1 aliphatic rings. The first-order valence-electron chi connectivity index (χ1n) is 8.82. The standard InChI is InChI=1S/C22H27N/c1-23-21(17-15-19-9-4-2-5-10-19)13-8-14-22(23)18-16-20-11-6-3-7-12-20/h2-7,9-12,15,17,21-22H,8,13-14,16,18H2,1H3/t21-,22-/m0/s1. The summed E-state index contributed by atoms with van der Waals surface area (Å²) >= 11 is 0. The fraction of sp³-hybridized carbons (Fsp3) is 0.364. The van der Waals surface area contributed by atoms with Crippen LogP contribution in [-0.2, 0) is 6.42 Å². The second-order valence-electron chi connectivity index (χ2n) is 6.61. The lowest BCUT2D eigenvalue weighted by molar-refractivity contribution is 0.136. The zero-order valence-electron chi connectivity index (χ0n) is 14.1. The molecule has 0 bridgehead atoms. The molecule has 2 aromatic carbocycles. The topological polar surface area (TPSA) is 3.24 Å². The summed E-state index contributed by atoms with van der Waals surface area (Å²) in [5.41, 5.74) is 2.76. The lowest BCUT2D eigenvalue weighted by atomic mass is 9.91. The number of hydrogen-bond donors (Lipinski definition) is 0. The second kappa shape index (κ2) is 8.12. The molecule has 3 rings (SSSR count). The minimum Gasteiger partial charge on any atom is -0.297 e. The third-order valence-electron chi connectivity index (χ3n) is 5.06. The van der Waals surface area contributed by atoms with Gasteiger partial charge in [0, 0.05) is 12.1 Å². The number of nitrogens with zero attached hydrogens (tertiary/aromatic N) is 1. The summed E-state index contributed by atoms with van der Waals surface area (Å²) in [6.07, 6.45) is 11.1. The Bertz CT molecular complexity index is 602. The molecular weight excluding hydrogens is 278 g/mol. The second-order valence-corrected chi connectivity index (χ2v) is 6.61. The molecule has 0 spiro atoms. The smallest absolute Gasteiger partial charge is 0.0281 e. The minimum absolute atomic E-state index is 0.574. The van der Waals surface area contributed by atoms with Crippen molar-refractivity contribution in [3.63, 3.8) is 0 Å². The van der Waals surface area contributed by atoms with Crippen LogP contribution in [0, 0.1) is 0 Å². The summed E-state index contributed by atoms with van der Waals surface area (Å²) in [7, 11) is 2.30. The number of rotatable bonds is 5. The van der Waals surface area contributed by atoms with Crippen molar-refractivity contribution in [2.75, 3.05) is 7.05 Å². The van der Waals surface area contributed by atoms with E-state index in [1.807, 2.05) is 0 Å². The molecule has 0 N–H and O–H groups in total. The Hall–Kier alpha value is -1.86. The molecule has 120 valence electrons. The van der Waals surface area contributed by atoms with Gasteiger partial charge in [-0.15, -0.1) is 0 Å². The maximum Gasteiger partial charge on any atom is 0.0281 e. The molecule has 2 atom stereocenters. The molecule has 0 aromatic heterocycles. The monoisotopic (exact) mass is 305 g/mol. The van der Waals surface area contributed by atoms with Crippen molar-refractivity contribution in [1.82, 2.24) is 4.90 Å². The molecule has 0 unspecified atom stereocenters. The Balaban J connectivity index is 1.57. The van der Waals surface area contributed by atoms with Crippen molar-refractivity contribution < 1.29 is 0 Å². The average Bonchev–Trinajstić information content (AvgIpc) is 2.61. The summed E-state index contributed by atoms with van der Waals surface area (Å²) in [5, 5.41) is 0. The summed E-state index contributed by atoms with van der Waals surface area (Å²) in [6, 6.07) is 22.8. The zero-order valence-corrected chi connectivity index (χ0v) is 14.1. The molecule has 1 saturated heterocycles. The molecule has 0 saturated carbocycles. The largest absolute Gasteiger partial charge is 0.297 e. The Kier molecular flexibility index (Phi) is 5.65. The summed E-state index contributed by atoms with van der Waals surface area (Å²) in [6.45, 7) is 0. The lowest BCUT2D eigenvalue weighted by Crippen LogP contribution is -2.43. The molecule has 23 heavy (non-hydrogen) atoms. The molecule has 0 aliphatic carbocycles. The van der Waals surface area contributed by atoms with Crippen LogP contribution in [0.25, 0.3) is 6.08 Å². The first kappa shape index (κ1) is 16.0. The van der Waals surface area contributed by atoms with Gasteiger partial charge in [-0.3, -0.25) is 4.90 Å². The number of likely N-dealkylation sites (N-methyl/N-ethyl adjacent to an activating group) is 1. The van der Waals surface area contributed by atoms with E-state index in [-0.39, 0.29) is 0 Å². The van der Waals surface area contributed by atoms with Crippen molar-refractivity contribution in [2.45, 2.75) is 44.2 Å². The Labute approximate surface area is 140 Å². The van der Waals surface area contributed by atoms with E-state index >= 15 is 0 Å². The molecule has 1 heteroatoms. The van der Waals surface area contributed by atoms with Gasteiger partial charge in [-0.05, 0) is 43.9 Å². The van der Waals surface area contributed by atoms with E-state index < -0.39 is 0 Å². The van der Waals surface area contributed by atoms with Crippen molar-refractivity contribution in [3.8, 4) is 0 Å². The van der Waals surface area contributed by atoms with Gasteiger partial charge in [0.05, 0.1) is 0 Å². The van der Waals surface area contributed by atoms with Crippen LogP contribution in [0.5, 0.6) is 0 Å². The fourth-order valence-electron chi connectivity index (χ4n) is 3.58. The minimum atomic E-state index is 0.574. The van der Waals surface area contributed by atoms with Gasteiger partial charge in [-0.2, -0.15) is 0 Å². The molecular formula is C22H27N. The molecule has 1 nitrogen and oxygen atoms in total. The van der Waals surface area contributed by atoms with Gasteiger partial charge in [-0.1, -0.05) is 79.2 Å². The van der Waals surface area contributed by atoms with Crippen LogP contribution in [-0.4, -0.2) is 24.0 Å². The van der Waals surface area contributed by atoms with Gasteiger partial charge in [-0.25, -0.2) is 0 Å². The zero-order chi connectivity index (χ0) is 15.9. The van der Waals surface area contributed by atoms with E-state index in [4.69, 9.17) is 0 Å². The molecule has 1 aliphatic heterocycles. The van der Waals surface area contributed by atoms with Crippen LogP contribution in [0.4, 0.5) is 0 Å². The van der Waals surface area contributed by atoms with Gasteiger partial charge < -0.3 is 0 Å². The first-order chi connectivity index (χ1) is 11.3. The van der Waals surface area contributed by atoms with Crippen LogP contribution < -0.4 is 0 Å². The van der Waals surface area contributed by atoms with E-state index in [2.05, 4.69) is 84.8 Å². The Morgan fingerprint density at radius 1 is 0.957 bits per heavy atom. The molecule has 1 heterocycles. The summed E-state index contributed by atoms with van der Waals surface area (Å²) in [4.78, 5) is 2.59. The van der Waals surface area contributed by atoms with E-state index in [0.29, 0.717) is 12.1 Å². The van der Waals surface area contributed by atoms with Crippen molar-refractivity contribution in [1.29, 1.82) is 0 Å². The predicted octanol–water partition coefficient (Wildman–Crippen LogP) is 5.19. The van der Waals surface area contributed by atoms with E-state index in [1.165, 1.54) is 43.2 Å². The summed E-state index contributed by atoms with van der Waals surface area (Å²) < 4.78 is 0. The van der Waals surface area contributed by atoms with E-state index in [0.717, 1.165) is 0 Å². The van der Waals surface area contributed by atoms with Gasteiger partial charge in [0.1, 0.15) is 0 Å². The molecule has 0 amide bonds. The Morgan fingerprint density at radius 2 is 1.65 bits per heavy atom. The van der Waals surface area contributed by atoms with E-state index in [9.17, 15) is 0 Å². The van der Waals surface area contributed by atoms with Crippen molar-refractivity contribution in [3.05, 3.63) is 77.9 Å². The highest BCUT2D eigenvalue weighted by Crippen LogP contribution is 2.25. The average molecular weight is 305 g/mol. The highest BCUT2D eigenvalue weighted by atomic mass is 15.2. The van der Waals surface area contributed by atoms with Gasteiger partial charge in [0.15, 0.2) is 0 Å². The fourth-order valence-corrected chi connectivity index (χ4v) is 3.58. The van der Waals surface area contributed by atoms with Crippen LogP contribution in [0.1, 0.15) is 36.8 Å². The number of aryl methyl sites for hydroxylation is 1. The van der Waals surface area contributed by atoms with E-state index in [1.54, 1.807) is 0 Å². The number of likely N-dealkylation sites (tertiary alicyclic amines) is 1. The SMILES string of the molecule is CN1[C@H](CCc2ccccc2)CCC[C@H]1C=Cc1ccccc1. The number of piperidine rings is 1.